The number of amides is 1. The van der Waals surface area contributed by atoms with E-state index in [2.05, 4.69) is 10.0 Å². The van der Waals surface area contributed by atoms with Crippen LogP contribution in [0, 0.1) is 5.82 Å². The van der Waals surface area contributed by atoms with E-state index in [1.165, 1.54) is 43.3 Å². The Morgan fingerprint density at radius 3 is 2.10 bits per heavy atom. The van der Waals surface area contributed by atoms with Gasteiger partial charge in [-0.05, 0) is 59.7 Å². The number of ether oxygens (including phenoxy) is 1. The second-order valence-electron chi connectivity index (χ2n) is 6.59. The van der Waals surface area contributed by atoms with E-state index >= 15 is 0 Å². The third-order valence-corrected chi connectivity index (χ3v) is 5.61. The van der Waals surface area contributed by atoms with Crippen molar-refractivity contribution in [2.75, 3.05) is 5.32 Å². The molecule has 0 aliphatic carbocycles. The average molecular weight is 428 g/mol. The lowest BCUT2D eigenvalue weighted by Gasteiger charge is -2.10. The maximum Gasteiger partial charge on any atom is 0.240 e. The van der Waals surface area contributed by atoms with E-state index in [0.29, 0.717) is 18.0 Å². The summed E-state index contributed by atoms with van der Waals surface area (Å²) in [5.74, 6) is 0.0996. The number of halogens is 1. The van der Waals surface area contributed by atoms with Crippen molar-refractivity contribution in [3.8, 4) is 5.75 Å². The van der Waals surface area contributed by atoms with Crippen molar-refractivity contribution in [3.05, 3.63) is 89.7 Å². The SMILES string of the molecule is CC(=O)Nc1ccc(S(=O)(=O)NCc2ccc(OCc3ccc(F)cc3)cc2)cc1. The fraction of sp³-hybridized carbons (Fsp3) is 0.136. The van der Waals surface area contributed by atoms with Crippen LogP contribution in [0.3, 0.4) is 0 Å². The smallest absolute Gasteiger partial charge is 0.240 e. The molecule has 3 aromatic rings. The van der Waals surface area contributed by atoms with Gasteiger partial charge in [-0.2, -0.15) is 0 Å². The summed E-state index contributed by atoms with van der Waals surface area (Å²) >= 11 is 0. The first-order valence-corrected chi connectivity index (χ1v) is 10.6. The number of carbonyl (C=O) groups excluding carboxylic acids is 1. The highest BCUT2D eigenvalue weighted by molar-refractivity contribution is 7.89. The highest BCUT2D eigenvalue weighted by atomic mass is 32.2. The van der Waals surface area contributed by atoms with Crippen molar-refractivity contribution >= 4 is 21.6 Å². The summed E-state index contributed by atoms with van der Waals surface area (Å²) in [4.78, 5) is 11.1. The van der Waals surface area contributed by atoms with Crippen molar-refractivity contribution in [2.24, 2.45) is 0 Å². The number of hydrogen-bond donors (Lipinski definition) is 2. The van der Waals surface area contributed by atoms with Gasteiger partial charge in [0.15, 0.2) is 0 Å². The van der Waals surface area contributed by atoms with Crippen molar-refractivity contribution in [1.82, 2.24) is 4.72 Å². The second-order valence-corrected chi connectivity index (χ2v) is 8.36. The van der Waals surface area contributed by atoms with Crippen LogP contribution in [-0.4, -0.2) is 14.3 Å². The predicted molar refractivity (Wildman–Crippen MR) is 112 cm³/mol. The Bertz CT molecular complexity index is 1100. The summed E-state index contributed by atoms with van der Waals surface area (Å²) in [6, 6.07) is 19.0. The fourth-order valence-corrected chi connectivity index (χ4v) is 3.65. The summed E-state index contributed by atoms with van der Waals surface area (Å²) in [7, 11) is -3.69. The van der Waals surface area contributed by atoms with Crippen LogP contribution in [0.2, 0.25) is 0 Å². The Morgan fingerprint density at radius 1 is 0.900 bits per heavy atom. The molecule has 3 aromatic carbocycles. The van der Waals surface area contributed by atoms with Crippen molar-refractivity contribution in [3.63, 3.8) is 0 Å². The molecule has 30 heavy (non-hydrogen) atoms. The van der Waals surface area contributed by atoms with Crippen molar-refractivity contribution < 1.29 is 22.3 Å². The lowest BCUT2D eigenvalue weighted by molar-refractivity contribution is -0.114. The van der Waals surface area contributed by atoms with Crippen LogP contribution in [0.4, 0.5) is 10.1 Å². The first-order chi connectivity index (χ1) is 14.3. The molecule has 0 saturated carbocycles. The largest absolute Gasteiger partial charge is 0.489 e. The summed E-state index contributed by atoms with van der Waals surface area (Å²) in [6.45, 7) is 1.81. The fourth-order valence-electron chi connectivity index (χ4n) is 2.63. The number of hydrogen-bond acceptors (Lipinski definition) is 4. The van der Waals surface area contributed by atoms with E-state index in [9.17, 15) is 17.6 Å². The zero-order valence-electron chi connectivity index (χ0n) is 16.3. The Labute approximate surface area is 174 Å². The summed E-state index contributed by atoms with van der Waals surface area (Å²) in [6.07, 6.45) is 0. The van der Waals surface area contributed by atoms with E-state index < -0.39 is 10.0 Å². The highest BCUT2D eigenvalue weighted by Crippen LogP contribution is 2.17. The standard InChI is InChI=1S/C22H21FN2O4S/c1-16(26)25-20-8-12-22(13-9-20)30(27,28)24-14-17-4-10-21(11-5-17)29-15-18-2-6-19(23)7-3-18/h2-13,24H,14-15H2,1H3,(H,25,26). The lowest BCUT2D eigenvalue weighted by atomic mass is 10.2. The topological polar surface area (TPSA) is 84.5 Å². The minimum absolute atomic E-state index is 0.107. The van der Waals surface area contributed by atoms with Crippen LogP contribution in [0.5, 0.6) is 5.75 Å². The molecular weight excluding hydrogens is 407 g/mol. The number of anilines is 1. The molecule has 0 atom stereocenters. The van der Waals surface area contributed by atoms with Gasteiger partial charge in [0.25, 0.3) is 0 Å². The van der Waals surface area contributed by atoms with Gasteiger partial charge in [-0.15, -0.1) is 0 Å². The van der Waals surface area contributed by atoms with Crippen molar-refractivity contribution in [2.45, 2.75) is 25.0 Å². The predicted octanol–water partition coefficient (Wildman–Crippen LogP) is 3.84. The van der Waals surface area contributed by atoms with E-state index in [4.69, 9.17) is 4.74 Å². The molecule has 3 rings (SSSR count). The molecule has 0 fully saturated rings. The molecule has 0 spiro atoms. The van der Waals surface area contributed by atoms with Crippen LogP contribution < -0.4 is 14.8 Å². The first kappa shape index (κ1) is 21.5. The molecule has 1 amide bonds. The van der Waals surface area contributed by atoms with Crippen LogP contribution in [0.1, 0.15) is 18.1 Å². The van der Waals surface area contributed by atoms with Crippen molar-refractivity contribution in [1.29, 1.82) is 0 Å². The Morgan fingerprint density at radius 2 is 1.50 bits per heavy atom. The average Bonchev–Trinajstić information content (AvgIpc) is 2.73. The molecule has 0 unspecified atom stereocenters. The van der Waals surface area contributed by atoms with E-state index in [0.717, 1.165) is 11.1 Å². The van der Waals surface area contributed by atoms with Crippen LogP contribution in [0.15, 0.2) is 77.7 Å². The third-order valence-electron chi connectivity index (χ3n) is 4.19. The van der Waals surface area contributed by atoms with Gasteiger partial charge in [-0.1, -0.05) is 24.3 Å². The first-order valence-electron chi connectivity index (χ1n) is 9.15. The normalized spacial score (nSPS) is 11.1. The van der Waals surface area contributed by atoms with Crippen LogP contribution in [0.25, 0.3) is 0 Å². The van der Waals surface area contributed by atoms with E-state index in [1.807, 2.05) is 0 Å². The van der Waals surface area contributed by atoms with Crippen LogP contribution in [-0.2, 0) is 28.0 Å². The third kappa shape index (κ3) is 6.13. The quantitative estimate of drug-likeness (QED) is 0.571. The molecule has 0 aromatic heterocycles. The molecule has 0 saturated heterocycles. The summed E-state index contributed by atoms with van der Waals surface area (Å²) < 4.78 is 46.0. The van der Waals surface area contributed by atoms with Gasteiger partial charge in [0.1, 0.15) is 18.2 Å². The van der Waals surface area contributed by atoms with Gasteiger partial charge in [-0.25, -0.2) is 17.5 Å². The van der Waals surface area contributed by atoms with Gasteiger partial charge in [0, 0.05) is 19.2 Å². The minimum Gasteiger partial charge on any atom is -0.489 e. The second kappa shape index (κ2) is 9.51. The monoisotopic (exact) mass is 428 g/mol. The van der Waals surface area contributed by atoms with Gasteiger partial charge >= 0.3 is 0 Å². The molecule has 0 bridgehead atoms. The zero-order valence-corrected chi connectivity index (χ0v) is 17.1. The van der Waals surface area contributed by atoms with Crippen LogP contribution >= 0.6 is 0 Å². The van der Waals surface area contributed by atoms with Gasteiger partial charge in [0.2, 0.25) is 15.9 Å². The molecular formula is C22H21FN2O4S. The molecule has 6 nitrogen and oxygen atoms in total. The van der Waals surface area contributed by atoms with Gasteiger partial charge in [-0.3, -0.25) is 4.79 Å². The number of nitrogens with one attached hydrogen (secondary N) is 2. The minimum atomic E-state index is -3.69. The maximum atomic E-state index is 12.9. The zero-order chi connectivity index (χ0) is 21.6. The van der Waals surface area contributed by atoms with Gasteiger partial charge < -0.3 is 10.1 Å². The molecule has 0 aliphatic heterocycles. The number of sulfonamides is 1. The number of benzene rings is 3. The lowest BCUT2D eigenvalue weighted by Crippen LogP contribution is -2.23. The molecule has 156 valence electrons. The summed E-state index contributed by atoms with van der Waals surface area (Å²) in [5, 5.41) is 2.59. The molecule has 0 aliphatic rings. The van der Waals surface area contributed by atoms with E-state index in [1.54, 1.807) is 36.4 Å². The molecule has 0 heterocycles. The highest BCUT2D eigenvalue weighted by Gasteiger charge is 2.13. The van der Waals surface area contributed by atoms with Gasteiger partial charge in [0.05, 0.1) is 4.90 Å². The Kier molecular flexibility index (Phi) is 6.81. The maximum absolute atomic E-state index is 12.9. The molecule has 2 N–H and O–H groups in total. The number of rotatable bonds is 8. The Hall–Kier alpha value is -3.23. The number of carbonyl (C=O) groups is 1. The molecule has 8 heteroatoms. The molecule has 0 radical (unpaired) electrons. The summed E-state index contributed by atoms with van der Waals surface area (Å²) in [5.41, 5.74) is 2.14. The van der Waals surface area contributed by atoms with E-state index in [-0.39, 0.29) is 23.2 Å². The Balaban J connectivity index is 1.54.